The third kappa shape index (κ3) is 7.29. The van der Waals surface area contributed by atoms with E-state index in [9.17, 15) is 9.59 Å². The molecule has 0 unspecified atom stereocenters. The number of nitrogens with one attached hydrogen (secondary N) is 2. The van der Waals surface area contributed by atoms with Crippen molar-refractivity contribution in [3.63, 3.8) is 0 Å². The number of rotatable bonds is 10. The van der Waals surface area contributed by atoms with Crippen molar-refractivity contribution in [2.45, 2.75) is 53.1 Å². The highest BCUT2D eigenvalue weighted by Gasteiger charge is 2.24. The van der Waals surface area contributed by atoms with Gasteiger partial charge in [-0.05, 0) is 89.5 Å². The molecule has 0 atom stereocenters. The highest BCUT2D eigenvalue weighted by atomic mass is 16.5. The molecular weight excluding hydrogens is 562 g/mol. The van der Waals surface area contributed by atoms with Crippen LogP contribution in [0, 0.1) is 0 Å². The molecule has 0 bridgehead atoms. The Labute approximate surface area is 263 Å². The summed E-state index contributed by atoms with van der Waals surface area (Å²) < 4.78 is 6.08. The maximum atomic E-state index is 14.1. The van der Waals surface area contributed by atoms with Crippen LogP contribution in [-0.4, -0.2) is 27.5 Å². The minimum Gasteiger partial charge on any atom is -0.489 e. The van der Waals surface area contributed by atoms with Gasteiger partial charge in [0, 0.05) is 41.8 Å². The fourth-order valence-corrected chi connectivity index (χ4v) is 5.26. The second-order valence-corrected chi connectivity index (χ2v) is 11.9. The summed E-state index contributed by atoms with van der Waals surface area (Å²) in [5.74, 6) is 0.970. The van der Waals surface area contributed by atoms with Gasteiger partial charge in [0.25, 0.3) is 5.56 Å². The Kier molecular flexibility index (Phi) is 9.42. The molecule has 3 aromatic heterocycles. The quantitative estimate of drug-likeness (QED) is 0.157. The minimum absolute atomic E-state index is 0.104. The van der Waals surface area contributed by atoms with Crippen LogP contribution in [0.4, 0.5) is 16.2 Å². The van der Waals surface area contributed by atoms with E-state index in [0.29, 0.717) is 12.3 Å². The van der Waals surface area contributed by atoms with E-state index < -0.39 is 11.6 Å². The molecule has 0 saturated heterocycles. The molecule has 45 heavy (non-hydrogen) atoms. The van der Waals surface area contributed by atoms with Crippen molar-refractivity contribution in [3.8, 4) is 16.9 Å². The number of urea groups is 1. The number of H-pyrrole nitrogens is 1. The average molecular weight is 602 g/mol. The summed E-state index contributed by atoms with van der Waals surface area (Å²) >= 11 is 0. The van der Waals surface area contributed by atoms with Gasteiger partial charge in [0.1, 0.15) is 23.7 Å². The lowest BCUT2D eigenvalue weighted by atomic mass is 9.88. The lowest BCUT2D eigenvalue weighted by molar-refractivity contribution is 0.257. The van der Waals surface area contributed by atoms with Crippen molar-refractivity contribution in [1.29, 1.82) is 0 Å². The zero-order valence-electron chi connectivity index (χ0n) is 26.4. The lowest BCUT2D eigenvalue weighted by Crippen LogP contribution is -2.39. The predicted molar refractivity (Wildman–Crippen MR) is 182 cm³/mol. The van der Waals surface area contributed by atoms with Gasteiger partial charge in [-0.1, -0.05) is 58.0 Å². The molecule has 8 heteroatoms. The number of aromatic amines is 1. The largest absolute Gasteiger partial charge is 0.489 e. The molecule has 0 radical (unpaired) electrons. The van der Waals surface area contributed by atoms with Crippen LogP contribution in [0.2, 0.25) is 0 Å². The zero-order chi connectivity index (χ0) is 32.1. The first kappa shape index (κ1) is 31.2. The van der Waals surface area contributed by atoms with Gasteiger partial charge in [-0.25, -0.2) is 9.78 Å². The molecule has 0 saturated carbocycles. The summed E-state index contributed by atoms with van der Waals surface area (Å²) in [5.41, 5.74) is 6.83. The fraction of sp³-hybridized carbons (Fsp3) is 0.243. The molecule has 2 amide bonds. The second kappa shape index (κ2) is 13.6. The van der Waals surface area contributed by atoms with E-state index in [1.54, 1.807) is 30.7 Å². The molecule has 2 N–H and O–H groups in total. The first-order chi connectivity index (χ1) is 21.6. The van der Waals surface area contributed by atoms with Crippen LogP contribution in [0.3, 0.4) is 0 Å². The van der Waals surface area contributed by atoms with E-state index in [1.165, 1.54) is 4.90 Å². The van der Waals surface area contributed by atoms with Gasteiger partial charge in [0.05, 0.1) is 0 Å². The van der Waals surface area contributed by atoms with Gasteiger partial charge in [-0.2, -0.15) is 0 Å². The molecule has 8 nitrogen and oxygen atoms in total. The Hall–Kier alpha value is -5.24. The van der Waals surface area contributed by atoms with Crippen molar-refractivity contribution < 1.29 is 9.53 Å². The third-order valence-electron chi connectivity index (χ3n) is 7.53. The van der Waals surface area contributed by atoms with Crippen molar-refractivity contribution in [3.05, 3.63) is 125 Å². The molecular formula is C37H39N5O3. The van der Waals surface area contributed by atoms with Crippen LogP contribution in [0.15, 0.2) is 102 Å². The Morgan fingerprint density at radius 3 is 2.36 bits per heavy atom. The number of nitrogens with zero attached hydrogens (tertiary/aromatic N) is 3. The van der Waals surface area contributed by atoms with Crippen LogP contribution in [-0.2, 0) is 6.61 Å². The SMILES string of the molecule is C=C(C)CN(C(=O)Nc1c(C(C)C)cc(-c2cccc(OCc3cccnc3)c2)cc1C(C)C)c1cc2cccnc2[nH]c1=O. The van der Waals surface area contributed by atoms with Gasteiger partial charge in [-0.15, -0.1) is 0 Å². The first-order valence-corrected chi connectivity index (χ1v) is 15.1. The summed E-state index contributed by atoms with van der Waals surface area (Å²) in [5, 5.41) is 3.93. The van der Waals surface area contributed by atoms with E-state index in [4.69, 9.17) is 4.74 Å². The Morgan fingerprint density at radius 2 is 1.69 bits per heavy atom. The molecule has 5 rings (SSSR count). The molecule has 0 aliphatic rings. The molecule has 0 aliphatic heterocycles. The van der Waals surface area contributed by atoms with E-state index in [0.717, 1.165) is 50.2 Å². The minimum atomic E-state index is -0.408. The number of aromatic nitrogens is 3. The van der Waals surface area contributed by atoms with Crippen LogP contribution in [0.5, 0.6) is 5.75 Å². The van der Waals surface area contributed by atoms with Gasteiger partial charge in [0.2, 0.25) is 0 Å². The number of carbonyl (C=O) groups excluding carboxylic acids is 1. The number of pyridine rings is 3. The standard InChI is InChI=1S/C37H39N5O3/c1-23(2)21-42(33-19-28-12-9-15-39-35(28)41-36(33)43)37(44)40-34-31(24(3)4)17-29(18-32(34)25(5)6)27-11-7-13-30(16-27)45-22-26-10-8-14-38-20-26/h7-20,24-25H,1,21-22H2,2-6H3,(H,40,44)(H,39,41,43). The molecule has 5 aromatic rings. The van der Waals surface area contributed by atoms with Gasteiger partial charge in [0.15, 0.2) is 0 Å². The molecule has 0 spiro atoms. The average Bonchev–Trinajstić information content (AvgIpc) is 3.02. The normalized spacial score (nSPS) is 11.2. The molecule has 0 fully saturated rings. The third-order valence-corrected chi connectivity index (χ3v) is 7.53. The molecule has 0 aliphatic carbocycles. The smallest absolute Gasteiger partial charge is 0.326 e. The van der Waals surface area contributed by atoms with E-state index >= 15 is 0 Å². The number of hydrogen-bond acceptors (Lipinski definition) is 5. The number of amides is 2. The number of hydrogen-bond donors (Lipinski definition) is 2. The summed E-state index contributed by atoms with van der Waals surface area (Å²) in [6.45, 7) is 14.9. The fourth-order valence-electron chi connectivity index (χ4n) is 5.26. The van der Waals surface area contributed by atoms with Crippen molar-refractivity contribution in [2.75, 3.05) is 16.8 Å². The number of ether oxygens (including phenoxy) is 1. The molecule has 2 aromatic carbocycles. The van der Waals surface area contributed by atoms with Crippen molar-refractivity contribution >= 4 is 28.4 Å². The summed E-state index contributed by atoms with van der Waals surface area (Å²) in [6, 6.07) is 21.1. The van der Waals surface area contributed by atoms with E-state index in [-0.39, 0.29) is 24.1 Å². The summed E-state index contributed by atoms with van der Waals surface area (Å²) in [6.07, 6.45) is 5.16. The maximum absolute atomic E-state index is 14.1. The highest BCUT2D eigenvalue weighted by Crippen LogP contribution is 2.38. The lowest BCUT2D eigenvalue weighted by Gasteiger charge is -2.27. The zero-order valence-corrected chi connectivity index (χ0v) is 26.4. The molecule has 230 valence electrons. The second-order valence-electron chi connectivity index (χ2n) is 11.9. The maximum Gasteiger partial charge on any atom is 0.326 e. The Morgan fingerprint density at radius 1 is 0.956 bits per heavy atom. The topological polar surface area (TPSA) is 100 Å². The summed E-state index contributed by atoms with van der Waals surface area (Å²) in [4.78, 5) is 39.9. The molecule has 3 heterocycles. The highest BCUT2D eigenvalue weighted by molar-refractivity contribution is 6.04. The first-order valence-electron chi connectivity index (χ1n) is 15.1. The number of fused-ring (bicyclic) bond motifs is 1. The predicted octanol–water partition coefficient (Wildman–Crippen LogP) is 8.43. The van der Waals surface area contributed by atoms with Crippen LogP contribution >= 0.6 is 0 Å². The van der Waals surface area contributed by atoms with Crippen molar-refractivity contribution in [2.24, 2.45) is 0 Å². The van der Waals surface area contributed by atoms with E-state index in [2.05, 4.69) is 72.7 Å². The summed E-state index contributed by atoms with van der Waals surface area (Å²) in [7, 11) is 0. The van der Waals surface area contributed by atoms with Crippen LogP contribution in [0.25, 0.3) is 22.2 Å². The van der Waals surface area contributed by atoms with E-state index in [1.807, 2.05) is 43.3 Å². The Bertz CT molecular complexity index is 1870. The number of anilines is 2. The van der Waals surface area contributed by atoms with Crippen molar-refractivity contribution in [1.82, 2.24) is 15.0 Å². The van der Waals surface area contributed by atoms with Gasteiger partial charge >= 0.3 is 6.03 Å². The number of carbonyl (C=O) groups is 1. The van der Waals surface area contributed by atoms with Gasteiger partial charge in [-0.3, -0.25) is 14.7 Å². The monoisotopic (exact) mass is 601 g/mol. The number of benzene rings is 2. The van der Waals surface area contributed by atoms with Gasteiger partial charge < -0.3 is 15.0 Å². The van der Waals surface area contributed by atoms with Crippen LogP contribution < -0.4 is 20.5 Å². The Balaban J connectivity index is 1.51. The van der Waals surface area contributed by atoms with Crippen LogP contribution in [0.1, 0.15) is 63.1 Å².